The van der Waals surface area contributed by atoms with Crippen molar-refractivity contribution in [2.24, 2.45) is 0 Å². The van der Waals surface area contributed by atoms with Gasteiger partial charge in [-0.2, -0.15) is 0 Å². The normalized spacial score (nSPS) is 15.0. The number of halogens is 2. The number of hydrogen-bond acceptors (Lipinski definition) is 3. The Kier molecular flexibility index (Phi) is 4.36. The molecule has 2 heterocycles. The molecule has 0 radical (unpaired) electrons. The van der Waals surface area contributed by atoms with Gasteiger partial charge in [0.1, 0.15) is 11.4 Å². The molecule has 1 aliphatic carbocycles. The first-order valence-corrected chi connectivity index (χ1v) is 8.65. The molecule has 4 rings (SSSR count). The van der Waals surface area contributed by atoms with Crippen LogP contribution >= 0.6 is 0 Å². The summed E-state index contributed by atoms with van der Waals surface area (Å²) in [6, 6.07) is 9.23. The molecule has 1 aromatic carbocycles. The van der Waals surface area contributed by atoms with E-state index in [1.807, 2.05) is 30.3 Å². The lowest BCUT2D eigenvalue weighted by atomic mass is 10.1. The van der Waals surface area contributed by atoms with E-state index in [1.165, 1.54) is 23.0 Å². The largest absolute Gasteiger partial charge is 0.304 e. The first-order chi connectivity index (χ1) is 12.7. The van der Waals surface area contributed by atoms with Crippen LogP contribution in [0.15, 0.2) is 48.9 Å². The van der Waals surface area contributed by atoms with Crippen LogP contribution in [0.4, 0.5) is 14.5 Å². The number of aromatic nitrogens is 3. The minimum Gasteiger partial charge on any atom is -0.304 e. The van der Waals surface area contributed by atoms with E-state index in [2.05, 4.69) is 9.97 Å². The Bertz CT molecular complexity index is 920. The molecule has 0 spiro atoms. The fourth-order valence-electron chi connectivity index (χ4n) is 3.65. The first kappa shape index (κ1) is 16.6. The van der Waals surface area contributed by atoms with Crippen LogP contribution in [-0.2, 0) is 0 Å². The Morgan fingerprint density at radius 1 is 1.19 bits per heavy atom. The fourth-order valence-corrected chi connectivity index (χ4v) is 3.65. The van der Waals surface area contributed by atoms with Crippen LogP contribution in [0, 0.1) is 0 Å². The lowest BCUT2D eigenvalue weighted by Gasteiger charge is -2.29. The molecule has 0 bridgehead atoms. The van der Waals surface area contributed by atoms with E-state index in [9.17, 15) is 13.6 Å². The van der Waals surface area contributed by atoms with Crippen molar-refractivity contribution < 1.29 is 13.6 Å². The Labute approximate surface area is 149 Å². The van der Waals surface area contributed by atoms with Crippen molar-refractivity contribution in [2.75, 3.05) is 4.90 Å². The zero-order valence-corrected chi connectivity index (χ0v) is 14.1. The molecule has 0 aliphatic heterocycles. The van der Waals surface area contributed by atoms with Crippen LogP contribution in [0.25, 0.3) is 5.65 Å². The van der Waals surface area contributed by atoms with Gasteiger partial charge in [0.25, 0.3) is 12.3 Å². The highest BCUT2D eigenvalue weighted by atomic mass is 19.3. The summed E-state index contributed by atoms with van der Waals surface area (Å²) in [5, 5.41) is 0. The third-order valence-electron chi connectivity index (χ3n) is 4.81. The van der Waals surface area contributed by atoms with Crippen LogP contribution in [0.3, 0.4) is 0 Å². The quantitative estimate of drug-likeness (QED) is 0.702. The van der Waals surface area contributed by atoms with Crippen molar-refractivity contribution in [3.8, 4) is 0 Å². The molecule has 0 saturated heterocycles. The standard InChI is InChI=1S/C19H18F2N4O/c20-18(21)16-17(24-11-10-22-12-15(24)23-16)19(26)25(14-8-4-5-9-14)13-6-2-1-3-7-13/h1-3,6-7,10-12,14,18H,4-5,8-9H2. The van der Waals surface area contributed by atoms with Gasteiger partial charge in [-0.05, 0) is 25.0 Å². The zero-order valence-electron chi connectivity index (χ0n) is 14.1. The van der Waals surface area contributed by atoms with Gasteiger partial charge in [-0.3, -0.25) is 14.2 Å². The van der Waals surface area contributed by atoms with Crippen molar-refractivity contribution in [3.63, 3.8) is 0 Å². The number of fused-ring (bicyclic) bond motifs is 1. The molecule has 2 aromatic heterocycles. The second-order valence-corrected chi connectivity index (χ2v) is 6.40. The van der Waals surface area contributed by atoms with Crippen molar-refractivity contribution >= 4 is 17.2 Å². The molecule has 3 aromatic rings. The van der Waals surface area contributed by atoms with Crippen molar-refractivity contribution in [3.05, 3.63) is 60.3 Å². The Hall–Kier alpha value is -2.83. The minimum absolute atomic E-state index is 0.00260. The smallest absolute Gasteiger partial charge is 0.282 e. The maximum absolute atomic E-state index is 13.6. The predicted octanol–water partition coefficient (Wildman–Crippen LogP) is 4.26. The van der Waals surface area contributed by atoms with Gasteiger partial charge in [0.15, 0.2) is 5.65 Å². The topological polar surface area (TPSA) is 50.5 Å². The zero-order chi connectivity index (χ0) is 18.1. The molecule has 5 nitrogen and oxygen atoms in total. The van der Waals surface area contributed by atoms with Crippen LogP contribution < -0.4 is 4.90 Å². The first-order valence-electron chi connectivity index (χ1n) is 8.65. The van der Waals surface area contributed by atoms with Crippen molar-refractivity contribution in [2.45, 2.75) is 38.2 Å². The summed E-state index contributed by atoms with van der Waals surface area (Å²) in [5.74, 6) is -0.447. The van der Waals surface area contributed by atoms with Gasteiger partial charge in [0, 0.05) is 24.1 Å². The highest BCUT2D eigenvalue weighted by Crippen LogP contribution is 2.32. The van der Waals surface area contributed by atoms with E-state index in [0.29, 0.717) is 5.69 Å². The molecule has 1 amide bonds. The number of alkyl halides is 2. The van der Waals surface area contributed by atoms with E-state index in [1.54, 1.807) is 4.90 Å². The minimum atomic E-state index is -2.84. The number of para-hydroxylation sites is 1. The van der Waals surface area contributed by atoms with Crippen molar-refractivity contribution in [1.29, 1.82) is 0 Å². The number of rotatable bonds is 4. The fraction of sp³-hybridized carbons (Fsp3) is 0.316. The molecular weight excluding hydrogens is 338 g/mol. The average molecular weight is 356 g/mol. The Morgan fingerprint density at radius 2 is 1.92 bits per heavy atom. The third-order valence-corrected chi connectivity index (χ3v) is 4.81. The van der Waals surface area contributed by atoms with Gasteiger partial charge in [0.2, 0.25) is 0 Å². The summed E-state index contributed by atoms with van der Waals surface area (Å²) in [4.78, 5) is 23.0. The number of carbonyl (C=O) groups excluding carboxylic acids is 1. The van der Waals surface area contributed by atoms with Gasteiger partial charge in [-0.25, -0.2) is 13.8 Å². The molecule has 0 N–H and O–H groups in total. The number of benzene rings is 1. The summed E-state index contributed by atoms with van der Waals surface area (Å²) in [6.07, 6.45) is 5.29. The number of hydrogen-bond donors (Lipinski definition) is 0. The molecule has 1 saturated carbocycles. The average Bonchev–Trinajstić information content (AvgIpc) is 3.30. The summed E-state index contributed by atoms with van der Waals surface area (Å²) >= 11 is 0. The van der Waals surface area contributed by atoms with Crippen molar-refractivity contribution in [1.82, 2.24) is 14.4 Å². The SMILES string of the molecule is O=C(c1c(C(F)F)nc2cnccn12)N(c1ccccc1)C1CCCC1. The summed E-state index contributed by atoms with van der Waals surface area (Å²) in [6.45, 7) is 0. The van der Waals surface area contributed by atoms with Crippen LogP contribution in [-0.4, -0.2) is 26.3 Å². The van der Waals surface area contributed by atoms with E-state index >= 15 is 0 Å². The van der Waals surface area contributed by atoms with Gasteiger partial charge in [-0.1, -0.05) is 31.0 Å². The summed E-state index contributed by atoms with van der Waals surface area (Å²) in [5.41, 5.74) is 0.370. The highest BCUT2D eigenvalue weighted by Gasteiger charge is 2.34. The van der Waals surface area contributed by atoms with Gasteiger partial charge in [0.05, 0.1) is 6.20 Å². The predicted molar refractivity (Wildman–Crippen MR) is 93.5 cm³/mol. The monoisotopic (exact) mass is 356 g/mol. The maximum Gasteiger partial charge on any atom is 0.282 e. The molecule has 0 unspecified atom stereocenters. The molecular formula is C19H18F2N4O. The second-order valence-electron chi connectivity index (χ2n) is 6.40. The van der Waals surface area contributed by atoms with Gasteiger partial charge < -0.3 is 4.90 Å². The number of anilines is 1. The number of amides is 1. The molecule has 7 heteroatoms. The molecule has 0 atom stereocenters. The number of nitrogens with zero attached hydrogens (tertiary/aromatic N) is 4. The highest BCUT2D eigenvalue weighted by molar-refractivity contribution is 6.06. The van der Waals surface area contributed by atoms with Crippen LogP contribution in [0.2, 0.25) is 0 Å². The Balaban J connectivity index is 1.86. The summed E-state index contributed by atoms with van der Waals surface area (Å²) in [7, 11) is 0. The van der Waals surface area contributed by atoms with E-state index in [0.717, 1.165) is 25.7 Å². The molecule has 1 aliphatic rings. The van der Waals surface area contributed by atoms with Gasteiger partial charge in [-0.15, -0.1) is 0 Å². The maximum atomic E-state index is 13.6. The lowest BCUT2D eigenvalue weighted by Crippen LogP contribution is -2.40. The number of carbonyl (C=O) groups is 1. The third kappa shape index (κ3) is 2.83. The molecule has 134 valence electrons. The second kappa shape index (κ2) is 6.82. The number of imidazole rings is 1. The van der Waals surface area contributed by atoms with Gasteiger partial charge >= 0.3 is 0 Å². The van der Waals surface area contributed by atoms with E-state index < -0.39 is 18.0 Å². The molecule has 1 fully saturated rings. The van der Waals surface area contributed by atoms with E-state index in [-0.39, 0.29) is 17.4 Å². The van der Waals surface area contributed by atoms with E-state index in [4.69, 9.17) is 0 Å². The van der Waals surface area contributed by atoms with Crippen LogP contribution in [0.5, 0.6) is 0 Å². The molecule has 26 heavy (non-hydrogen) atoms. The summed E-state index contributed by atoms with van der Waals surface area (Å²) < 4.78 is 28.6. The van der Waals surface area contributed by atoms with Crippen LogP contribution in [0.1, 0.15) is 48.3 Å². The lowest BCUT2D eigenvalue weighted by molar-refractivity contribution is 0.0955. The Morgan fingerprint density at radius 3 is 2.62 bits per heavy atom.